The van der Waals surface area contributed by atoms with Gasteiger partial charge < -0.3 is 31.3 Å². The number of carboxylic acids is 1. The molecule has 0 radical (unpaired) electrons. The molecule has 41 heavy (non-hydrogen) atoms. The van der Waals surface area contributed by atoms with Gasteiger partial charge in [0.25, 0.3) is 0 Å². The summed E-state index contributed by atoms with van der Waals surface area (Å²) in [5.41, 5.74) is 7.13. The first-order chi connectivity index (χ1) is 18.7. The van der Waals surface area contributed by atoms with Crippen LogP contribution in [0.5, 0.6) is 0 Å². The minimum atomic E-state index is -0.830. The highest BCUT2D eigenvalue weighted by atomic mass is 35.5. The zero-order chi connectivity index (χ0) is 29.6. The van der Waals surface area contributed by atoms with Crippen LogP contribution in [0.2, 0.25) is 6.82 Å². The van der Waals surface area contributed by atoms with E-state index in [4.69, 9.17) is 15.9 Å². The zero-order valence-electron chi connectivity index (χ0n) is 26.6. The van der Waals surface area contributed by atoms with Crippen LogP contribution in [0.15, 0.2) is 0 Å². The first-order valence-corrected chi connectivity index (χ1v) is 16.1. The number of hydrogen-bond donors (Lipinski definition) is 5. The second-order valence-electron chi connectivity index (χ2n) is 15.2. The fourth-order valence-electron chi connectivity index (χ4n) is 9.22. The highest BCUT2D eigenvalue weighted by molar-refractivity contribution is 6.45. The molecule has 6 N–H and O–H groups in total. The molecule has 0 unspecified atom stereocenters. The van der Waals surface area contributed by atoms with Crippen molar-refractivity contribution in [2.45, 2.75) is 124 Å². The molecule has 6 aliphatic carbocycles. The molecule has 8 nitrogen and oxygen atoms in total. The van der Waals surface area contributed by atoms with Gasteiger partial charge in [-0.05, 0) is 118 Å². The summed E-state index contributed by atoms with van der Waals surface area (Å²) < 4.78 is 0. The number of hydrogen-bond acceptors (Lipinski definition) is 6. The molecule has 0 aromatic rings. The van der Waals surface area contributed by atoms with E-state index in [-0.39, 0.29) is 24.4 Å². The van der Waals surface area contributed by atoms with Crippen LogP contribution in [0.1, 0.15) is 92.9 Å². The van der Waals surface area contributed by atoms with Gasteiger partial charge in [-0.3, -0.25) is 9.59 Å². The van der Waals surface area contributed by atoms with Gasteiger partial charge >= 0.3 is 13.0 Å². The monoisotopic (exact) mass is 596 g/mol. The van der Waals surface area contributed by atoms with Crippen molar-refractivity contribution in [3.05, 3.63) is 0 Å². The maximum atomic E-state index is 12.2. The van der Waals surface area contributed by atoms with Crippen molar-refractivity contribution >= 4 is 31.3 Å². The van der Waals surface area contributed by atoms with Crippen molar-refractivity contribution in [3.63, 3.8) is 0 Å². The van der Waals surface area contributed by atoms with Gasteiger partial charge in [-0.1, -0.05) is 41.5 Å². The van der Waals surface area contributed by atoms with Gasteiger partial charge in [0.1, 0.15) is 6.04 Å². The second kappa shape index (κ2) is 13.4. The summed E-state index contributed by atoms with van der Waals surface area (Å²) in [4.78, 5) is 24.3. The molecule has 0 aromatic carbocycles. The maximum Gasteiger partial charge on any atom is 0.377 e. The summed E-state index contributed by atoms with van der Waals surface area (Å²) >= 11 is 0. The molecular weight excluding hydrogens is 539 g/mol. The van der Waals surface area contributed by atoms with Crippen LogP contribution in [0.4, 0.5) is 0 Å². The third-order valence-corrected chi connectivity index (χ3v) is 12.5. The van der Waals surface area contributed by atoms with Gasteiger partial charge in [-0.25, -0.2) is 0 Å². The van der Waals surface area contributed by atoms with E-state index in [2.05, 4.69) is 52.2 Å². The molecule has 4 bridgehead atoms. The summed E-state index contributed by atoms with van der Waals surface area (Å²) in [6, 6.07) is 0.502. The van der Waals surface area contributed by atoms with Gasteiger partial charge in [0.05, 0.1) is 6.04 Å². The average Bonchev–Trinajstić information content (AvgIpc) is 3.60. The number of nitrogens with two attached hydrogens (primary N) is 1. The van der Waals surface area contributed by atoms with E-state index in [1.807, 2.05) is 0 Å². The van der Waals surface area contributed by atoms with Crippen LogP contribution in [0, 0.1) is 46.3 Å². The minimum absolute atomic E-state index is 0. The molecule has 10 atom stereocenters. The number of carbonyl (C=O) groups is 2. The molecule has 8 aliphatic rings. The average molecular weight is 597 g/mol. The predicted octanol–water partition coefficient (Wildman–Crippen LogP) is 4.01. The smallest absolute Gasteiger partial charge is 0.377 e. The molecule has 2 heterocycles. The Hall–Kier alpha value is -0.865. The normalized spacial score (nSPS) is 41.1. The standard InChI is InChI=1S/C15H26N2O.C10H19N.C6H12BNO3.ClH/c1-9-11-7-10(15(11,2)3)8-13(9)17-14(18)12-5-4-6-16-12;1-6-8-4-7(5-9(6)11)10(8,2)3;1-7(11)8-4-2-3-5(8)6(9)10;/h9-13,16H,4-8H2,1-3H3,(H,17,18);6-9H,4-5,11H2,1-3H3;5,11H,2-4H2,1H3,(H,9,10);1H/t9-,10+,11-,12-,13-;6-,7+,8-,9-;5-;/m000./s1. The third-order valence-electron chi connectivity index (χ3n) is 12.5. The minimum Gasteiger partial charge on any atom is -0.480 e. The van der Waals surface area contributed by atoms with Crippen molar-refractivity contribution in [2.24, 2.45) is 52.1 Å². The summed E-state index contributed by atoms with van der Waals surface area (Å²) in [6.07, 6.45) is 8.93. The van der Waals surface area contributed by atoms with E-state index in [9.17, 15) is 9.59 Å². The Bertz CT molecular complexity index is 915. The van der Waals surface area contributed by atoms with Gasteiger partial charge in [0.2, 0.25) is 5.91 Å². The lowest BCUT2D eigenvalue weighted by Gasteiger charge is -2.62. The summed E-state index contributed by atoms with van der Waals surface area (Å²) in [5.74, 6) is 4.27. The van der Waals surface area contributed by atoms with E-state index < -0.39 is 19.1 Å². The first kappa shape index (κ1) is 34.6. The van der Waals surface area contributed by atoms with Crippen molar-refractivity contribution in [2.75, 3.05) is 13.1 Å². The highest BCUT2D eigenvalue weighted by Gasteiger charge is 2.57. The molecule has 2 aliphatic heterocycles. The van der Waals surface area contributed by atoms with Crippen LogP contribution in [-0.2, 0) is 9.59 Å². The van der Waals surface area contributed by atoms with Gasteiger partial charge in [0, 0.05) is 12.1 Å². The molecule has 1 amide bonds. The largest absolute Gasteiger partial charge is 0.480 e. The fourth-order valence-corrected chi connectivity index (χ4v) is 9.22. The number of halogens is 1. The first-order valence-electron chi connectivity index (χ1n) is 16.1. The van der Waals surface area contributed by atoms with Crippen LogP contribution in [0.3, 0.4) is 0 Å². The lowest BCUT2D eigenvalue weighted by atomic mass is 9.45. The summed E-state index contributed by atoms with van der Waals surface area (Å²) in [6.45, 7) is 17.6. The fraction of sp³-hybridized carbons (Fsp3) is 0.935. The number of fused-ring (bicyclic) bond motifs is 4. The van der Waals surface area contributed by atoms with Crippen LogP contribution in [0.25, 0.3) is 0 Å². The number of amides is 1. The quantitative estimate of drug-likeness (QED) is 0.310. The van der Waals surface area contributed by atoms with Gasteiger partial charge in [-0.2, -0.15) is 0 Å². The summed E-state index contributed by atoms with van der Waals surface area (Å²) in [7, 11) is -0.640. The number of nitrogens with zero attached hydrogens (tertiary/aromatic N) is 1. The molecule has 8 fully saturated rings. The van der Waals surface area contributed by atoms with Crippen molar-refractivity contribution < 1.29 is 19.7 Å². The van der Waals surface area contributed by atoms with E-state index >= 15 is 0 Å². The van der Waals surface area contributed by atoms with Gasteiger partial charge in [-0.15, -0.1) is 12.4 Å². The molecule has 2 saturated heterocycles. The molecule has 236 valence electrons. The molecule has 0 aromatic heterocycles. The summed E-state index contributed by atoms with van der Waals surface area (Å²) in [5, 5.41) is 24.4. The Balaban J connectivity index is 0.000000176. The zero-order valence-corrected chi connectivity index (χ0v) is 27.4. The van der Waals surface area contributed by atoms with Crippen LogP contribution >= 0.6 is 12.4 Å². The second-order valence-corrected chi connectivity index (χ2v) is 15.2. The van der Waals surface area contributed by atoms with Crippen molar-refractivity contribution in [1.82, 2.24) is 15.4 Å². The molecule has 8 rings (SSSR count). The van der Waals surface area contributed by atoms with E-state index in [1.54, 1.807) is 11.6 Å². The number of aliphatic carboxylic acids is 1. The Morgan fingerprint density at radius 1 is 0.951 bits per heavy atom. The SMILES string of the molecule is CB(O)N1CCC[C@H]1C(=O)O.C[C@@H]1[C@@H](N)C[C@H]2C[C@@H]1C2(C)C.C[C@@H]1[C@@H](NC(=O)[C@@H]2CCCN2)C[C@H]2C[C@@H]1C2(C)C.Cl. The van der Waals surface area contributed by atoms with Gasteiger partial charge in [0.15, 0.2) is 0 Å². The lowest BCUT2D eigenvalue weighted by Crippen LogP contribution is -2.61. The number of rotatable bonds is 4. The third kappa shape index (κ3) is 6.95. The lowest BCUT2D eigenvalue weighted by molar-refractivity contribution is -0.141. The maximum absolute atomic E-state index is 12.2. The van der Waals surface area contributed by atoms with Crippen LogP contribution in [-0.4, -0.2) is 71.1 Å². The van der Waals surface area contributed by atoms with E-state index in [1.165, 1.54) is 25.7 Å². The van der Waals surface area contributed by atoms with E-state index in [0.29, 0.717) is 41.8 Å². The molecule has 0 spiro atoms. The Kier molecular flexibility index (Phi) is 11.3. The molecule has 10 heteroatoms. The predicted molar refractivity (Wildman–Crippen MR) is 168 cm³/mol. The topological polar surface area (TPSA) is 128 Å². The Morgan fingerprint density at radius 3 is 1.95 bits per heavy atom. The molecular formula is C31H58BClN4O4. The van der Waals surface area contributed by atoms with Crippen molar-refractivity contribution in [1.29, 1.82) is 0 Å². The van der Waals surface area contributed by atoms with Crippen LogP contribution < -0.4 is 16.4 Å². The number of carbonyl (C=O) groups excluding carboxylic acids is 1. The van der Waals surface area contributed by atoms with E-state index in [0.717, 1.165) is 55.4 Å². The Morgan fingerprint density at radius 2 is 1.54 bits per heavy atom. The van der Waals surface area contributed by atoms with Crippen molar-refractivity contribution in [3.8, 4) is 0 Å². The number of nitrogens with one attached hydrogen (secondary N) is 2. The Labute approximate surface area is 255 Å². The molecule has 6 saturated carbocycles. The highest BCUT2D eigenvalue weighted by Crippen LogP contribution is 2.61. The number of carboxylic acid groups (broad SMARTS) is 1.